The van der Waals surface area contributed by atoms with Crippen molar-refractivity contribution in [2.24, 2.45) is 5.92 Å². The van der Waals surface area contributed by atoms with Crippen molar-refractivity contribution in [3.8, 4) is 0 Å². The van der Waals surface area contributed by atoms with E-state index in [0.717, 1.165) is 6.42 Å². The largest absolute Gasteiger partial charge is 0.466 e. The molecule has 84 valence electrons. The minimum atomic E-state index is -0.396. The molecule has 0 heterocycles. The summed E-state index contributed by atoms with van der Waals surface area (Å²) in [5.74, 6) is 0.108. The van der Waals surface area contributed by atoms with Gasteiger partial charge in [0.05, 0.1) is 12.7 Å². The lowest BCUT2D eigenvalue weighted by Gasteiger charge is -2.12. The number of esters is 1. The second-order valence-electron chi connectivity index (χ2n) is 3.68. The molecule has 3 nitrogen and oxygen atoms in total. The minimum Gasteiger partial charge on any atom is -0.466 e. The molecule has 0 unspecified atom stereocenters. The second-order valence-corrected chi connectivity index (χ2v) is 3.68. The molecule has 1 rings (SSSR count). The van der Waals surface area contributed by atoms with Gasteiger partial charge in [-0.2, -0.15) is 0 Å². The van der Waals surface area contributed by atoms with Crippen molar-refractivity contribution in [1.82, 2.24) is 0 Å². The fraction of sp³-hybridized carbons (Fsp3) is 0.583. The fourth-order valence-electron chi connectivity index (χ4n) is 1.63. The summed E-state index contributed by atoms with van der Waals surface area (Å²) in [6, 6.07) is 0. The third-order valence-corrected chi connectivity index (χ3v) is 2.40. The van der Waals surface area contributed by atoms with E-state index in [2.05, 4.69) is 0 Å². The maximum Gasteiger partial charge on any atom is 0.305 e. The molecule has 0 radical (unpaired) electrons. The highest BCUT2D eigenvalue weighted by Gasteiger charge is 2.13. The van der Waals surface area contributed by atoms with E-state index >= 15 is 0 Å². The van der Waals surface area contributed by atoms with Crippen molar-refractivity contribution in [3.63, 3.8) is 0 Å². The standard InChI is InChI=1S/C12H18O3/c1-2-15-12(14)8-7-10-5-3-4-6-11(13)9-10/h3-6,10-11,13H,2,7-9H2,1H3/t10-,11+/m0/s1. The minimum absolute atomic E-state index is 0.155. The predicted octanol–water partition coefficient (Wildman–Crippen LogP) is 1.82. The van der Waals surface area contributed by atoms with Gasteiger partial charge in [0.2, 0.25) is 0 Å². The molecule has 15 heavy (non-hydrogen) atoms. The van der Waals surface area contributed by atoms with Crippen LogP contribution in [0.15, 0.2) is 24.3 Å². The number of carbonyl (C=O) groups excluding carboxylic acids is 1. The number of hydrogen-bond donors (Lipinski definition) is 1. The highest BCUT2D eigenvalue weighted by Crippen LogP contribution is 2.18. The van der Waals surface area contributed by atoms with Crippen LogP contribution in [0.4, 0.5) is 0 Å². The van der Waals surface area contributed by atoms with Gasteiger partial charge in [0.25, 0.3) is 0 Å². The Morgan fingerprint density at radius 1 is 1.47 bits per heavy atom. The quantitative estimate of drug-likeness (QED) is 0.720. The Kier molecular flexibility index (Phi) is 5.12. The Hall–Kier alpha value is -1.09. The average molecular weight is 210 g/mol. The Morgan fingerprint density at radius 2 is 2.20 bits per heavy atom. The molecular weight excluding hydrogens is 192 g/mol. The second kappa shape index (κ2) is 6.40. The Labute approximate surface area is 90.4 Å². The summed E-state index contributed by atoms with van der Waals surface area (Å²) in [6.45, 7) is 2.24. The van der Waals surface area contributed by atoms with Crippen molar-refractivity contribution >= 4 is 5.97 Å². The van der Waals surface area contributed by atoms with Crippen LogP contribution in [0.2, 0.25) is 0 Å². The Morgan fingerprint density at radius 3 is 2.93 bits per heavy atom. The first kappa shape index (κ1) is 12.0. The maximum absolute atomic E-state index is 11.1. The molecule has 0 bridgehead atoms. The topological polar surface area (TPSA) is 46.5 Å². The fourth-order valence-corrected chi connectivity index (χ4v) is 1.63. The van der Waals surface area contributed by atoms with Crippen LogP contribution < -0.4 is 0 Å². The van der Waals surface area contributed by atoms with Crippen molar-refractivity contribution in [2.75, 3.05) is 6.61 Å². The molecule has 2 atom stereocenters. The first-order valence-electron chi connectivity index (χ1n) is 5.41. The van der Waals surface area contributed by atoms with Crippen molar-refractivity contribution in [1.29, 1.82) is 0 Å². The molecule has 1 aliphatic carbocycles. The van der Waals surface area contributed by atoms with E-state index in [1.54, 1.807) is 13.0 Å². The van der Waals surface area contributed by atoms with Gasteiger partial charge in [-0.25, -0.2) is 0 Å². The summed E-state index contributed by atoms with van der Waals surface area (Å²) < 4.78 is 4.85. The lowest BCUT2D eigenvalue weighted by Crippen LogP contribution is -2.11. The molecule has 0 saturated carbocycles. The third kappa shape index (κ3) is 4.79. The van der Waals surface area contributed by atoms with Crippen LogP contribution >= 0.6 is 0 Å². The summed E-state index contributed by atoms with van der Waals surface area (Å²) in [7, 11) is 0. The molecule has 0 aromatic carbocycles. The highest BCUT2D eigenvalue weighted by atomic mass is 16.5. The predicted molar refractivity (Wildman–Crippen MR) is 58.3 cm³/mol. The first-order chi connectivity index (χ1) is 7.22. The molecular formula is C12H18O3. The summed E-state index contributed by atoms with van der Waals surface area (Å²) in [5, 5.41) is 9.49. The molecule has 0 saturated heterocycles. The molecule has 1 N–H and O–H groups in total. The van der Waals surface area contributed by atoms with Crippen LogP contribution in [0.1, 0.15) is 26.2 Å². The molecule has 0 amide bonds. The zero-order chi connectivity index (χ0) is 11.1. The molecule has 0 aromatic heterocycles. The van der Waals surface area contributed by atoms with Crippen molar-refractivity contribution in [3.05, 3.63) is 24.3 Å². The van der Waals surface area contributed by atoms with Gasteiger partial charge in [0.1, 0.15) is 0 Å². The molecule has 0 aromatic rings. The highest BCUT2D eigenvalue weighted by molar-refractivity contribution is 5.69. The maximum atomic E-state index is 11.1. The van der Waals surface area contributed by atoms with Crippen LogP contribution in [0, 0.1) is 5.92 Å². The number of ether oxygens (including phenoxy) is 1. The number of allylic oxidation sites excluding steroid dienone is 3. The number of rotatable bonds is 4. The molecule has 3 heteroatoms. The monoisotopic (exact) mass is 210 g/mol. The van der Waals surface area contributed by atoms with Crippen molar-refractivity contribution < 1.29 is 14.6 Å². The van der Waals surface area contributed by atoms with E-state index in [0.29, 0.717) is 19.4 Å². The van der Waals surface area contributed by atoms with E-state index in [1.807, 2.05) is 18.2 Å². The van der Waals surface area contributed by atoms with E-state index in [4.69, 9.17) is 4.74 Å². The van der Waals surface area contributed by atoms with Gasteiger partial charge in [0, 0.05) is 6.42 Å². The van der Waals surface area contributed by atoms with Crippen LogP contribution in [0.3, 0.4) is 0 Å². The van der Waals surface area contributed by atoms with E-state index < -0.39 is 6.10 Å². The summed E-state index contributed by atoms with van der Waals surface area (Å²) in [6.07, 6.45) is 9.02. The van der Waals surface area contributed by atoms with Crippen LogP contribution in [0.5, 0.6) is 0 Å². The average Bonchev–Trinajstić information content (AvgIpc) is 2.40. The third-order valence-electron chi connectivity index (χ3n) is 2.40. The van der Waals surface area contributed by atoms with E-state index in [1.165, 1.54) is 0 Å². The molecule has 0 spiro atoms. The first-order valence-corrected chi connectivity index (χ1v) is 5.41. The van der Waals surface area contributed by atoms with Gasteiger partial charge in [-0.15, -0.1) is 0 Å². The Balaban J connectivity index is 2.29. The molecule has 1 aliphatic rings. The summed E-state index contributed by atoms with van der Waals surface area (Å²) >= 11 is 0. The van der Waals surface area contributed by atoms with Crippen LogP contribution in [0.25, 0.3) is 0 Å². The van der Waals surface area contributed by atoms with Gasteiger partial charge < -0.3 is 9.84 Å². The number of carbonyl (C=O) groups is 1. The Bertz CT molecular complexity index is 256. The zero-order valence-electron chi connectivity index (χ0n) is 9.06. The normalized spacial score (nSPS) is 24.9. The van der Waals surface area contributed by atoms with Gasteiger partial charge >= 0.3 is 5.97 Å². The van der Waals surface area contributed by atoms with Crippen LogP contribution in [-0.4, -0.2) is 23.8 Å². The van der Waals surface area contributed by atoms with Gasteiger partial charge in [-0.3, -0.25) is 4.79 Å². The van der Waals surface area contributed by atoms with E-state index in [9.17, 15) is 9.90 Å². The SMILES string of the molecule is CCOC(=O)CC[C@@H]1C=CC=C[C@@H](O)C1. The van der Waals surface area contributed by atoms with Crippen molar-refractivity contribution in [2.45, 2.75) is 32.3 Å². The van der Waals surface area contributed by atoms with Crippen LogP contribution in [-0.2, 0) is 9.53 Å². The number of hydrogen-bond acceptors (Lipinski definition) is 3. The summed E-state index contributed by atoms with van der Waals surface area (Å²) in [4.78, 5) is 11.1. The lowest BCUT2D eigenvalue weighted by atomic mass is 9.97. The summed E-state index contributed by atoms with van der Waals surface area (Å²) in [5.41, 5.74) is 0. The number of aliphatic hydroxyl groups is 1. The lowest BCUT2D eigenvalue weighted by molar-refractivity contribution is -0.143. The molecule has 0 fully saturated rings. The van der Waals surface area contributed by atoms with E-state index in [-0.39, 0.29) is 11.9 Å². The molecule has 0 aliphatic heterocycles. The van der Waals surface area contributed by atoms with Gasteiger partial charge in [-0.1, -0.05) is 24.3 Å². The van der Waals surface area contributed by atoms with Gasteiger partial charge in [0.15, 0.2) is 0 Å². The smallest absolute Gasteiger partial charge is 0.305 e. The number of aliphatic hydroxyl groups excluding tert-OH is 1. The van der Waals surface area contributed by atoms with Gasteiger partial charge in [-0.05, 0) is 25.7 Å². The zero-order valence-corrected chi connectivity index (χ0v) is 9.06.